The number of halogens is 2. The van der Waals surface area contributed by atoms with Gasteiger partial charge >= 0.3 is 0 Å². The molecule has 0 bridgehead atoms. The zero-order chi connectivity index (χ0) is 16.9. The lowest BCUT2D eigenvalue weighted by Crippen LogP contribution is -2.27. The van der Waals surface area contributed by atoms with E-state index in [0.717, 1.165) is 11.3 Å². The third-order valence-corrected chi connectivity index (χ3v) is 3.83. The van der Waals surface area contributed by atoms with Gasteiger partial charge in [0.05, 0.1) is 19.4 Å². The van der Waals surface area contributed by atoms with Crippen LogP contribution in [0.1, 0.15) is 11.3 Å². The first kappa shape index (κ1) is 16.5. The summed E-state index contributed by atoms with van der Waals surface area (Å²) in [5, 5.41) is 11.2. The molecule has 24 heavy (non-hydrogen) atoms. The Morgan fingerprint density at radius 1 is 1.33 bits per heavy atom. The number of hydrogen-bond donors (Lipinski definition) is 2. The van der Waals surface area contributed by atoms with Crippen molar-refractivity contribution in [1.29, 1.82) is 0 Å². The van der Waals surface area contributed by atoms with Gasteiger partial charge in [-0.25, -0.2) is 4.39 Å². The van der Waals surface area contributed by atoms with Crippen molar-refractivity contribution in [3.8, 4) is 0 Å². The highest BCUT2D eigenvalue weighted by Crippen LogP contribution is 2.18. The maximum atomic E-state index is 13.1. The van der Waals surface area contributed by atoms with E-state index in [1.54, 1.807) is 29.3 Å². The largest absolute Gasteiger partial charge is 0.467 e. The van der Waals surface area contributed by atoms with Gasteiger partial charge in [-0.05, 0) is 42.0 Å². The summed E-state index contributed by atoms with van der Waals surface area (Å²) in [6.45, 7) is 0.929. The van der Waals surface area contributed by atoms with Gasteiger partial charge in [0.25, 0.3) is 0 Å². The van der Waals surface area contributed by atoms with Gasteiger partial charge in [0.15, 0.2) is 10.9 Å². The highest BCUT2D eigenvalue weighted by atomic mass is 35.5. The molecule has 3 rings (SSSR count). The van der Waals surface area contributed by atoms with E-state index in [9.17, 15) is 4.39 Å². The predicted octanol–water partition coefficient (Wildman–Crippen LogP) is 3.80. The van der Waals surface area contributed by atoms with Crippen LogP contribution in [0.5, 0.6) is 0 Å². The molecule has 8 heteroatoms. The Morgan fingerprint density at radius 2 is 2.21 bits per heavy atom. The molecule has 5 nitrogen and oxygen atoms in total. The van der Waals surface area contributed by atoms with E-state index in [1.165, 1.54) is 12.1 Å². The highest BCUT2D eigenvalue weighted by molar-refractivity contribution is 7.80. The van der Waals surface area contributed by atoms with Crippen molar-refractivity contribution >= 4 is 34.7 Å². The van der Waals surface area contributed by atoms with Crippen molar-refractivity contribution < 1.29 is 8.81 Å². The average molecular weight is 365 g/mol. The number of benzene rings is 1. The Bertz CT molecular complexity index is 834. The molecular weight excluding hydrogens is 351 g/mol. The lowest BCUT2D eigenvalue weighted by atomic mass is 10.2. The summed E-state index contributed by atoms with van der Waals surface area (Å²) in [5.74, 6) is 1.03. The minimum Gasteiger partial charge on any atom is -0.467 e. The van der Waals surface area contributed by atoms with E-state index in [4.69, 9.17) is 28.2 Å². The van der Waals surface area contributed by atoms with Crippen LogP contribution in [0.25, 0.3) is 0 Å². The molecule has 0 aliphatic carbocycles. The normalized spacial score (nSPS) is 10.6. The smallest absolute Gasteiger partial charge is 0.172 e. The second-order valence-corrected chi connectivity index (χ2v) is 5.84. The zero-order valence-electron chi connectivity index (χ0n) is 12.5. The number of nitrogens with zero attached hydrogens (tertiary/aromatic N) is 2. The van der Waals surface area contributed by atoms with Crippen molar-refractivity contribution in [3.63, 3.8) is 0 Å². The summed E-state index contributed by atoms with van der Waals surface area (Å²) >= 11 is 11.2. The fraction of sp³-hybridized carbons (Fsp3) is 0.125. The van der Waals surface area contributed by atoms with Crippen LogP contribution in [0.15, 0.2) is 53.3 Å². The summed E-state index contributed by atoms with van der Waals surface area (Å²) in [5.41, 5.74) is 0.784. The number of furan rings is 1. The Morgan fingerprint density at radius 3 is 2.96 bits per heavy atom. The molecule has 0 amide bonds. The Hall–Kier alpha value is -2.38. The Balaban J connectivity index is 1.56. The van der Waals surface area contributed by atoms with Crippen molar-refractivity contribution in [1.82, 2.24) is 15.1 Å². The molecule has 0 spiro atoms. The van der Waals surface area contributed by atoms with Crippen LogP contribution in [0, 0.1) is 5.82 Å². The van der Waals surface area contributed by atoms with Crippen molar-refractivity contribution in [2.75, 3.05) is 5.32 Å². The molecule has 2 heterocycles. The maximum absolute atomic E-state index is 13.1. The highest BCUT2D eigenvalue weighted by Gasteiger charge is 2.06. The second-order valence-electron chi connectivity index (χ2n) is 5.02. The summed E-state index contributed by atoms with van der Waals surface area (Å²) in [7, 11) is 0. The first-order valence-corrected chi connectivity index (χ1v) is 7.93. The monoisotopic (exact) mass is 364 g/mol. The molecule has 0 saturated carbocycles. The Kier molecular flexibility index (Phi) is 5.12. The van der Waals surface area contributed by atoms with Crippen molar-refractivity contribution in [2.24, 2.45) is 0 Å². The molecule has 0 aliphatic rings. The number of anilines is 1. The number of aromatic nitrogens is 2. The van der Waals surface area contributed by atoms with Gasteiger partial charge in [0.1, 0.15) is 11.6 Å². The van der Waals surface area contributed by atoms with Crippen LogP contribution >= 0.6 is 23.8 Å². The molecule has 0 atom stereocenters. The quantitative estimate of drug-likeness (QED) is 0.674. The third kappa shape index (κ3) is 4.33. The van der Waals surface area contributed by atoms with Crippen LogP contribution in [0.4, 0.5) is 10.2 Å². The van der Waals surface area contributed by atoms with Crippen LogP contribution in [0.2, 0.25) is 5.02 Å². The first-order valence-electron chi connectivity index (χ1n) is 7.15. The first-order chi connectivity index (χ1) is 11.6. The zero-order valence-corrected chi connectivity index (χ0v) is 14.1. The van der Waals surface area contributed by atoms with Gasteiger partial charge in [0, 0.05) is 17.3 Å². The molecule has 2 aromatic heterocycles. The minimum atomic E-state index is -0.362. The summed E-state index contributed by atoms with van der Waals surface area (Å²) in [6.07, 6.45) is 3.40. The number of thiocarbonyl (C=S) groups is 1. The van der Waals surface area contributed by atoms with E-state index in [2.05, 4.69) is 15.7 Å². The number of nitrogens with one attached hydrogen (secondary N) is 2. The topological polar surface area (TPSA) is 55.0 Å². The van der Waals surface area contributed by atoms with Crippen molar-refractivity contribution in [2.45, 2.75) is 13.1 Å². The predicted molar refractivity (Wildman–Crippen MR) is 94.5 cm³/mol. The van der Waals surface area contributed by atoms with Gasteiger partial charge in [-0.2, -0.15) is 5.10 Å². The van der Waals surface area contributed by atoms with Crippen LogP contribution in [-0.4, -0.2) is 14.9 Å². The van der Waals surface area contributed by atoms with Crippen LogP contribution < -0.4 is 10.6 Å². The molecule has 124 valence electrons. The van der Waals surface area contributed by atoms with E-state index >= 15 is 0 Å². The lowest BCUT2D eigenvalue weighted by molar-refractivity contribution is 0.503. The van der Waals surface area contributed by atoms with Crippen LogP contribution in [0.3, 0.4) is 0 Å². The van der Waals surface area contributed by atoms with Gasteiger partial charge < -0.3 is 15.1 Å². The summed E-state index contributed by atoms with van der Waals surface area (Å²) in [6, 6.07) is 9.76. The second kappa shape index (κ2) is 7.46. The van der Waals surface area contributed by atoms with Gasteiger partial charge in [0.2, 0.25) is 0 Å². The molecule has 0 unspecified atom stereocenters. The fourth-order valence-electron chi connectivity index (χ4n) is 2.08. The number of rotatable bonds is 5. The van der Waals surface area contributed by atoms with Crippen molar-refractivity contribution in [3.05, 3.63) is 71.0 Å². The Labute approximate surface area is 148 Å². The average Bonchev–Trinajstić information content (AvgIpc) is 3.20. The maximum Gasteiger partial charge on any atom is 0.172 e. The van der Waals surface area contributed by atoms with E-state index in [-0.39, 0.29) is 5.82 Å². The SMILES string of the molecule is Fc1ccc(Cn2ccc(NC(=S)NCc3ccco3)n2)c(Cl)c1. The molecule has 3 aromatic rings. The summed E-state index contributed by atoms with van der Waals surface area (Å²) < 4.78 is 20.0. The van der Waals surface area contributed by atoms with Gasteiger partial charge in [-0.3, -0.25) is 4.68 Å². The molecule has 0 radical (unpaired) electrons. The fourth-order valence-corrected chi connectivity index (χ4v) is 2.49. The molecule has 0 aliphatic heterocycles. The van der Waals surface area contributed by atoms with Crippen LogP contribution in [-0.2, 0) is 13.1 Å². The molecule has 2 N–H and O–H groups in total. The molecule has 0 saturated heterocycles. The standard InChI is InChI=1S/C16H14ClFN4OS/c17-14-8-12(18)4-3-11(14)10-22-6-5-15(21-22)20-16(24)19-9-13-2-1-7-23-13/h1-8H,9-10H2,(H2,19,20,21,24). The minimum absolute atomic E-state index is 0.362. The van der Waals surface area contributed by atoms with E-state index in [0.29, 0.717) is 29.0 Å². The summed E-state index contributed by atoms with van der Waals surface area (Å²) in [4.78, 5) is 0. The number of hydrogen-bond acceptors (Lipinski definition) is 3. The van der Waals surface area contributed by atoms with Gasteiger partial charge in [-0.1, -0.05) is 17.7 Å². The third-order valence-electron chi connectivity index (χ3n) is 3.23. The molecular formula is C16H14ClFN4OS. The molecule has 1 aromatic carbocycles. The van der Waals surface area contributed by atoms with E-state index < -0.39 is 0 Å². The molecule has 0 fully saturated rings. The van der Waals surface area contributed by atoms with E-state index in [1.807, 2.05) is 12.1 Å². The lowest BCUT2D eigenvalue weighted by Gasteiger charge is -2.07. The van der Waals surface area contributed by atoms with Gasteiger partial charge in [-0.15, -0.1) is 0 Å².